The minimum absolute atomic E-state index is 0.000785. The average Bonchev–Trinajstić information content (AvgIpc) is 2.41. The highest BCUT2D eigenvalue weighted by Crippen LogP contribution is 2.27. The normalized spacial score (nSPS) is 15.1. The van der Waals surface area contributed by atoms with Crippen molar-refractivity contribution < 1.29 is 17.9 Å². The third-order valence-corrected chi connectivity index (χ3v) is 3.73. The van der Waals surface area contributed by atoms with Gasteiger partial charge in [0.1, 0.15) is 6.61 Å². The molecule has 0 bridgehead atoms. The van der Waals surface area contributed by atoms with E-state index in [-0.39, 0.29) is 12.0 Å². The van der Waals surface area contributed by atoms with Gasteiger partial charge in [0.05, 0.1) is 5.38 Å². The topological polar surface area (TPSA) is 9.23 Å². The molecule has 5 heteroatoms. The van der Waals surface area contributed by atoms with Crippen LogP contribution in [-0.4, -0.2) is 19.4 Å². The molecule has 0 aromatic heterocycles. The second kappa shape index (κ2) is 7.89. The van der Waals surface area contributed by atoms with Crippen molar-refractivity contribution in [1.29, 1.82) is 0 Å². The second-order valence-corrected chi connectivity index (χ2v) is 5.43. The van der Waals surface area contributed by atoms with Gasteiger partial charge in [-0.3, -0.25) is 0 Å². The van der Waals surface area contributed by atoms with Crippen LogP contribution in [0.15, 0.2) is 24.3 Å². The van der Waals surface area contributed by atoms with Gasteiger partial charge in [0.25, 0.3) is 0 Å². The van der Waals surface area contributed by atoms with Gasteiger partial charge >= 0.3 is 6.18 Å². The maximum absolute atomic E-state index is 11.9. The summed E-state index contributed by atoms with van der Waals surface area (Å²) in [7, 11) is 0. The van der Waals surface area contributed by atoms with E-state index in [1.54, 1.807) is 0 Å². The van der Waals surface area contributed by atoms with Crippen LogP contribution in [0, 0.1) is 0 Å². The van der Waals surface area contributed by atoms with Gasteiger partial charge in [-0.05, 0) is 29.9 Å². The first-order chi connectivity index (χ1) is 9.33. The smallest absolute Gasteiger partial charge is 0.372 e. The molecule has 0 amide bonds. The summed E-state index contributed by atoms with van der Waals surface area (Å²) in [6.07, 6.45) is -2.85. The Morgan fingerprint density at radius 3 is 2.20 bits per heavy atom. The molecule has 0 radical (unpaired) electrons. The standard InChI is InChI=1S/C15H20ClF3O/c1-3-11(2)12-4-6-13(7-5-12)14(16)8-9-20-10-15(17,18)19/h4-7,11,14H,3,8-10H2,1-2H3. The molecule has 0 N–H and O–H groups in total. The summed E-state index contributed by atoms with van der Waals surface area (Å²) in [4.78, 5) is 0. The average molecular weight is 309 g/mol. The van der Waals surface area contributed by atoms with Crippen LogP contribution in [0.1, 0.15) is 49.1 Å². The molecule has 0 saturated carbocycles. The first-order valence-corrected chi connectivity index (χ1v) is 7.15. The number of rotatable bonds is 7. The number of alkyl halides is 4. The Morgan fingerprint density at radius 1 is 1.15 bits per heavy atom. The van der Waals surface area contributed by atoms with Crippen molar-refractivity contribution in [1.82, 2.24) is 0 Å². The molecule has 1 aromatic rings. The van der Waals surface area contributed by atoms with Crippen molar-refractivity contribution in [3.63, 3.8) is 0 Å². The fourth-order valence-corrected chi connectivity index (χ4v) is 2.04. The molecule has 0 aliphatic heterocycles. The summed E-state index contributed by atoms with van der Waals surface area (Å²) >= 11 is 6.16. The van der Waals surface area contributed by atoms with Crippen LogP contribution in [0.4, 0.5) is 13.2 Å². The first-order valence-electron chi connectivity index (χ1n) is 6.72. The molecule has 0 heterocycles. The van der Waals surface area contributed by atoms with E-state index in [0.29, 0.717) is 12.3 Å². The van der Waals surface area contributed by atoms with E-state index >= 15 is 0 Å². The largest absolute Gasteiger partial charge is 0.411 e. The highest BCUT2D eigenvalue weighted by molar-refractivity contribution is 6.20. The van der Waals surface area contributed by atoms with Crippen molar-refractivity contribution in [3.8, 4) is 0 Å². The third-order valence-electron chi connectivity index (χ3n) is 3.26. The molecule has 0 fully saturated rings. The molecule has 0 spiro atoms. The number of benzene rings is 1. The maximum atomic E-state index is 11.9. The Bertz CT molecular complexity index is 389. The van der Waals surface area contributed by atoms with Crippen molar-refractivity contribution in [2.75, 3.05) is 13.2 Å². The SMILES string of the molecule is CCC(C)c1ccc(C(Cl)CCOCC(F)(F)F)cc1. The van der Waals surface area contributed by atoms with E-state index < -0.39 is 12.8 Å². The Labute approximate surface area is 123 Å². The van der Waals surface area contributed by atoms with Gasteiger partial charge in [0.15, 0.2) is 0 Å². The zero-order valence-corrected chi connectivity index (χ0v) is 12.5. The van der Waals surface area contributed by atoms with Crippen LogP contribution >= 0.6 is 11.6 Å². The fraction of sp³-hybridized carbons (Fsp3) is 0.600. The van der Waals surface area contributed by atoms with Crippen LogP contribution in [-0.2, 0) is 4.74 Å². The van der Waals surface area contributed by atoms with Gasteiger partial charge in [-0.15, -0.1) is 11.6 Å². The second-order valence-electron chi connectivity index (χ2n) is 4.90. The monoisotopic (exact) mass is 308 g/mol. The van der Waals surface area contributed by atoms with Crippen molar-refractivity contribution in [2.45, 2.75) is 44.2 Å². The molecule has 20 heavy (non-hydrogen) atoms. The third kappa shape index (κ3) is 6.14. The fourth-order valence-electron chi connectivity index (χ4n) is 1.81. The van der Waals surface area contributed by atoms with E-state index in [1.807, 2.05) is 24.3 Å². The molecule has 0 aliphatic rings. The molecule has 1 aromatic carbocycles. The van der Waals surface area contributed by atoms with E-state index in [9.17, 15) is 13.2 Å². The van der Waals surface area contributed by atoms with E-state index in [2.05, 4.69) is 18.6 Å². The molecular formula is C15H20ClF3O. The summed E-state index contributed by atoms with van der Waals surface area (Å²) in [5, 5.41) is -0.325. The highest BCUT2D eigenvalue weighted by Gasteiger charge is 2.27. The summed E-state index contributed by atoms with van der Waals surface area (Å²) in [6.45, 7) is 3.06. The molecule has 114 valence electrons. The van der Waals surface area contributed by atoms with Gasteiger partial charge in [0.2, 0.25) is 0 Å². The van der Waals surface area contributed by atoms with Gasteiger partial charge in [-0.1, -0.05) is 38.1 Å². The van der Waals surface area contributed by atoms with Crippen LogP contribution < -0.4 is 0 Å². The lowest BCUT2D eigenvalue weighted by Crippen LogP contribution is -2.17. The molecular weight excluding hydrogens is 289 g/mol. The van der Waals surface area contributed by atoms with Crippen LogP contribution in [0.5, 0.6) is 0 Å². The van der Waals surface area contributed by atoms with Crippen molar-refractivity contribution in [3.05, 3.63) is 35.4 Å². The lowest BCUT2D eigenvalue weighted by Gasteiger charge is -2.13. The van der Waals surface area contributed by atoms with E-state index in [1.165, 1.54) is 5.56 Å². The lowest BCUT2D eigenvalue weighted by atomic mass is 9.97. The quantitative estimate of drug-likeness (QED) is 0.481. The molecule has 0 saturated heterocycles. The number of halogens is 4. The van der Waals surface area contributed by atoms with Crippen LogP contribution in [0.2, 0.25) is 0 Å². The molecule has 0 aliphatic carbocycles. The van der Waals surface area contributed by atoms with E-state index in [4.69, 9.17) is 11.6 Å². The molecule has 1 rings (SSSR count). The maximum Gasteiger partial charge on any atom is 0.411 e. The first kappa shape index (κ1) is 17.3. The molecule has 1 nitrogen and oxygen atoms in total. The van der Waals surface area contributed by atoms with Crippen molar-refractivity contribution >= 4 is 11.6 Å². The number of ether oxygens (including phenoxy) is 1. The van der Waals surface area contributed by atoms with Gasteiger partial charge in [-0.2, -0.15) is 13.2 Å². The number of hydrogen-bond donors (Lipinski definition) is 0. The predicted octanol–water partition coefficient (Wildman–Crippen LogP) is 5.45. The van der Waals surface area contributed by atoms with Crippen LogP contribution in [0.3, 0.4) is 0 Å². The van der Waals surface area contributed by atoms with Gasteiger partial charge in [-0.25, -0.2) is 0 Å². The Morgan fingerprint density at radius 2 is 1.70 bits per heavy atom. The zero-order chi connectivity index (χ0) is 15.2. The summed E-state index contributed by atoms with van der Waals surface area (Å²) in [5.41, 5.74) is 2.16. The lowest BCUT2D eigenvalue weighted by molar-refractivity contribution is -0.174. The number of hydrogen-bond acceptors (Lipinski definition) is 1. The summed E-state index contributed by atoms with van der Waals surface area (Å²) in [6, 6.07) is 7.91. The van der Waals surface area contributed by atoms with E-state index in [0.717, 1.165) is 12.0 Å². The zero-order valence-electron chi connectivity index (χ0n) is 11.7. The Balaban J connectivity index is 2.42. The molecule has 2 atom stereocenters. The highest BCUT2D eigenvalue weighted by atomic mass is 35.5. The van der Waals surface area contributed by atoms with Gasteiger partial charge in [0, 0.05) is 6.61 Å². The predicted molar refractivity (Wildman–Crippen MR) is 75.2 cm³/mol. The van der Waals surface area contributed by atoms with Crippen LogP contribution in [0.25, 0.3) is 0 Å². The Kier molecular flexibility index (Phi) is 6.83. The van der Waals surface area contributed by atoms with Gasteiger partial charge < -0.3 is 4.74 Å². The molecule has 2 unspecified atom stereocenters. The van der Waals surface area contributed by atoms with Crippen molar-refractivity contribution in [2.24, 2.45) is 0 Å². The minimum Gasteiger partial charge on any atom is -0.372 e. The Hall–Kier alpha value is -0.740. The summed E-state index contributed by atoms with van der Waals surface area (Å²) < 4.78 is 40.3. The minimum atomic E-state index is -4.28. The summed E-state index contributed by atoms with van der Waals surface area (Å²) in [5.74, 6) is 0.493.